The largest absolute Gasteiger partial charge is 0.480 e. The number of carboxylic acids is 1. The van der Waals surface area contributed by atoms with Crippen molar-refractivity contribution in [2.75, 3.05) is 6.61 Å². The minimum atomic E-state index is -1.16. The number of carbonyl (C=O) groups is 3. The van der Waals surface area contributed by atoms with Crippen LogP contribution in [0.3, 0.4) is 0 Å². The highest BCUT2D eigenvalue weighted by Crippen LogP contribution is 2.25. The first-order chi connectivity index (χ1) is 15.8. The quantitative estimate of drug-likeness (QED) is 0.564. The Balaban J connectivity index is 1.74. The first kappa shape index (κ1) is 24.4. The topological polar surface area (TPSA) is 95.9 Å². The maximum Gasteiger partial charge on any atom is 0.326 e. The standard InChI is InChI=1S/C25H29FN2O5/c1-3-33-25(32)21(12-9-17-7-5-4-6-8-17)27-16(2)23(29)28-15-18-10-11-20(26)13-19(18)14-22(28)24(30)31/h4-8,10-11,13,16,21-22,27H,3,9,12,14-15H2,1-2H3,(H,30,31). The molecule has 0 bridgehead atoms. The second-order valence-corrected chi connectivity index (χ2v) is 8.15. The van der Waals surface area contributed by atoms with E-state index in [0.29, 0.717) is 24.0 Å². The molecule has 8 heteroatoms. The number of carboxylic acid groups (broad SMARTS) is 1. The van der Waals surface area contributed by atoms with Crippen molar-refractivity contribution in [1.82, 2.24) is 10.2 Å². The molecule has 0 aromatic heterocycles. The second kappa shape index (κ2) is 11.0. The Kier molecular flexibility index (Phi) is 8.16. The second-order valence-electron chi connectivity index (χ2n) is 8.15. The monoisotopic (exact) mass is 456 g/mol. The molecule has 7 nitrogen and oxygen atoms in total. The summed E-state index contributed by atoms with van der Waals surface area (Å²) >= 11 is 0. The molecule has 0 saturated heterocycles. The van der Waals surface area contributed by atoms with Crippen molar-refractivity contribution in [3.8, 4) is 0 Å². The van der Waals surface area contributed by atoms with Crippen LogP contribution in [-0.4, -0.2) is 52.6 Å². The molecule has 2 N–H and O–H groups in total. The van der Waals surface area contributed by atoms with Gasteiger partial charge >= 0.3 is 11.9 Å². The van der Waals surface area contributed by atoms with Crippen molar-refractivity contribution in [2.45, 2.75) is 57.8 Å². The van der Waals surface area contributed by atoms with Crippen LogP contribution < -0.4 is 5.32 Å². The van der Waals surface area contributed by atoms with Crippen LogP contribution in [0.25, 0.3) is 0 Å². The fourth-order valence-corrected chi connectivity index (χ4v) is 4.09. The Morgan fingerprint density at radius 1 is 1.18 bits per heavy atom. The van der Waals surface area contributed by atoms with Gasteiger partial charge in [-0.1, -0.05) is 36.4 Å². The third-order valence-electron chi connectivity index (χ3n) is 5.82. The molecule has 0 aliphatic carbocycles. The fraction of sp³-hybridized carbons (Fsp3) is 0.400. The van der Waals surface area contributed by atoms with E-state index >= 15 is 0 Å². The molecular weight excluding hydrogens is 427 g/mol. The highest BCUT2D eigenvalue weighted by atomic mass is 19.1. The number of fused-ring (bicyclic) bond motifs is 1. The molecule has 0 spiro atoms. The molecule has 1 aliphatic heterocycles. The van der Waals surface area contributed by atoms with Crippen molar-refractivity contribution >= 4 is 17.8 Å². The van der Waals surface area contributed by atoms with Gasteiger partial charge in [-0.25, -0.2) is 9.18 Å². The fourth-order valence-electron chi connectivity index (χ4n) is 4.09. The number of nitrogens with one attached hydrogen (secondary N) is 1. The first-order valence-electron chi connectivity index (χ1n) is 11.1. The number of ether oxygens (including phenoxy) is 1. The number of nitrogens with zero attached hydrogens (tertiary/aromatic N) is 1. The van der Waals surface area contributed by atoms with Gasteiger partial charge in [-0.15, -0.1) is 0 Å². The van der Waals surface area contributed by atoms with Gasteiger partial charge in [0.1, 0.15) is 17.9 Å². The third kappa shape index (κ3) is 6.16. The van der Waals surface area contributed by atoms with E-state index in [9.17, 15) is 23.9 Å². The van der Waals surface area contributed by atoms with Crippen LogP contribution in [0.2, 0.25) is 0 Å². The maximum atomic E-state index is 13.6. The van der Waals surface area contributed by atoms with E-state index < -0.39 is 41.8 Å². The molecule has 33 heavy (non-hydrogen) atoms. The summed E-state index contributed by atoms with van der Waals surface area (Å²) in [6.07, 6.45) is 1.06. The normalized spacial score (nSPS) is 17.1. The number of hydrogen-bond acceptors (Lipinski definition) is 5. The number of carbonyl (C=O) groups excluding carboxylic acids is 2. The van der Waals surface area contributed by atoms with Crippen LogP contribution in [0, 0.1) is 5.82 Å². The third-order valence-corrected chi connectivity index (χ3v) is 5.82. The van der Waals surface area contributed by atoms with Crippen LogP contribution in [0.4, 0.5) is 4.39 Å². The highest BCUT2D eigenvalue weighted by Gasteiger charge is 2.37. The Morgan fingerprint density at radius 3 is 2.58 bits per heavy atom. The zero-order chi connectivity index (χ0) is 24.0. The van der Waals surface area contributed by atoms with Gasteiger partial charge in [0.05, 0.1) is 12.6 Å². The van der Waals surface area contributed by atoms with Gasteiger partial charge < -0.3 is 14.7 Å². The number of halogens is 1. The van der Waals surface area contributed by atoms with Gasteiger partial charge in [0.15, 0.2) is 0 Å². The summed E-state index contributed by atoms with van der Waals surface area (Å²) in [6.45, 7) is 3.60. The zero-order valence-corrected chi connectivity index (χ0v) is 18.8. The van der Waals surface area contributed by atoms with E-state index in [-0.39, 0.29) is 19.6 Å². The Bertz CT molecular complexity index is 998. The first-order valence-corrected chi connectivity index (χ1v) is 11.1. The molecule has 176 valence electrons. The van der Waals surface area contributed by atoms with E-state index in [2.05, 4.69) is 5.32 Å². The van der Waals surface area contributed by atoms with Crippen LogP contribution in [-0.2, 0) is 38.5 Å². The minimum absolute atomic E-state index is 0.0240. The van der Waals surface area contributed by atoms with Gasteiger partial charge in [0.2, 0.25) is 5.91 Å². The molecule has 0 fully saturated rings. The van der Waals surface area contributed by atoms with Crippen molar-refractivity contribution < 1.29 is 28.6 Å². The van der Waals surface area contributed by atoms with Crippen LogP contribution >= 0.6 is 0 Å². The lowest BCUT2D eigenvalue weighted by atomic mass is 9.93. The van der Waals surface area contributed by atoms with Gasteiger partial charge in [0, 0.05) is 13.0 Å². The van der Waals surface area contributed by atoms with E-state index in [1.165, 1.54) is 17.0 Å². The number of rotatable bonds is 9. The number of esters is 1. The maximum absolute atomic E-state index is 13.6. The summed E-state index contributed by atoms with van der Waals surface area (Å²) in [4.78, 5) is 38.9. The van der Waals surface area contributed by atoms with E-state index in [4.69, 9.17) is 4.74 Å². The van der Waals surface area contributed by atoms with E-state index in [1.54, 1.807) is 19.9 Å². The predicted octanol–water partition coefficient (Wildman–Crippen LogP) is 2.71. The summed E-state index contributed by atoms with van der Waals surface area (Å²) < 4.78 is 18.8. The molecule has 0 saturated carbocycles. The van der Waals surface area contributed by atoms with Crippen molar-refractivity contribution in [1.29, 1.82) is 0 Å². The van der Waals surface area contributed by atoms with Crippen LogP contribution in [0.5, 0.6) is 0 Å². The van der Waals surface area contributed by atoms with Gasteiger partial charge in [0.25, 0.3) is 0 Å². The zero-order valence-electron chi connectivity index (χ0n) is 18.8. The molecular formula is C25H29FN2O5. The lowest BCUT2D eigenvalue weighted by Crippen LogP contribution is -2.56. The van der Waals surface area contributed by atoms with E-state index in [0.717, 1.165) is 5.56 Å². The molecule has 1 aliphatic rings. The Morgan fingerprint density at radius 2 is 1.91 bits per heavy atom. The smallest absolute Gasteiger partial charge is 0.326 e. The molecule has 1 amide bonds. The number of aliphatic carboxylic acids is 1. The number of aryl methyl sites for hydroxylation is 1. The summed E-state index contributed by atoms with van der Waals surface area (Å²) in [5.41, 5.74) is 2.35. The van der Waals surface area contributed by atoms with Gasteiger partial charge in [-0.2, -0.15) is 0 Å². The lowest BCUT2D eigenvalue weighted by molar-refractivity contribution is -0.153. The Hall–Kier alpha value is -3.26. The number of hydrogen-bond donors (Lipinski definition) is 2. The lowest BCUT2D eigenvalue weighted by Gasteiger charge is -2.36. The molecule has 3 unspecified atom stereocenters. The molecule has 2 aromatic carbocycles. The average molecular weight is 457 g/mol. The van der Waals surface area contributed by atoms with Crippen molar-refractivity contribution in [3.63, 3.8) is 0 Å². The number of amides is 1. The van der Waals surface area contributed by atoms with E-state index in [1.807, 2.05) is 30.3 Å². The van der Waals surface area contributed by atoms with Crippen LogP contribution in [0.15, 0.2) is 48.5 Å². The molecule has 3 rings (SSSR count). The Labute approximate surface area is 192 Å². The van der Waals surface area contributed by atoms with Crippen molar-refractivity contribution in [2.24, 2.45) is 0 Å². The number of benzene rings is 2. The predicted molar refractivity (Wildman–Crippen MR) is 120 cm³/mol. The average Bonchev–Trinajstić information content (AvgIpc) is 2.80. The molecule has 2 aromatic rings. The summed E-state index contributed by atoms with van der Waals surface area (Å²) in [5, 5.41) is 12.7. The molecule has 3 atom stereocenters. The highest BCUT2D eigenvalue weighted by molar-refractivity contribution is 5.88. The molecule has 0 radical (unpaired) electrons. The minimum Gasteiger partial charge on any atom is -0.480 e. The summed E-state index contributed by atoms with van der Waals surface area (Å²) in [5.74, 6) is -2.49. The molecule has 1 heterocycles. The van der Waals surface area contributed by atoms with Gasteiger partial charge in [-0.05, 0) is 55.5 Å². The summed E-state index contributed by atoms with van der Waals surface area (Å²) in [6, 6.07) is 11.2. The van der Waals surface area contributed by atoms with Crippen molar-refractivity contribution in [3.05, 3.63) is 71.0 Å². The SMILES string of the molecule is CCOC(=O)C(CCc1ccccc1)NC(C)C(=O)N1Cc2ccc(F)cc2CC1C(=O)O. The van der Waals surface area contributed by atoms with Gasteiger partial charge in [-0.3, -0.25) is 14.9 Å². The summed E-state index contributed by atoms with van der Waals surface area (Å²) in [7, 11) is 0. The van der Waals surface area contributed by atoms with Crippen LogP contribution in [0.1, 0.15) is 37.0 Å².